The highest BCUT2D eigenvalue weighted by Gasteiger charge is 2.39. The molecular weight excluding hydrogens is 300 g/mol. The van der Waals surface area contributed by atoms with Crippen LogP contribution in [0.25, 0.3) is 0 Å². The van der Waals surface area contributed by atoms with Crippen LogP contribution in [0.3, 0.4) is 0 Å². The van der Waals surface area contributed by atoms with Crippen LogP contribution in [0, 0.1) is 0 Å². The highest BCUT2D eigenvalue weighted by molar-refractivity contribution is 5.28. The zero-order valence-corrected chi connectivity index (χ0v) is 11.2. The number of rotatable bonds is 6. The Bertz CT molecular complexity index is 426. The van der Waals surface area contributed by atoms with E-state index in [1.807, 2.05) is 0 Å². The first-order valence-corrected chi connectivity index (χ1v) is 6.26. The van der Waals surface area contributed by atoms with E-state index in [0.717, 1.165) is 12.1 Å². The van der Waals surface area contributed by atoms with Gasteiger partial charge in [-0.15, -0.1) is 13.2 Å². The molecule has 1 rings (SSSR count). The predicted molar refractivity (Wildman–Crippen MR) is 65.0 cm³/mol. The van der Waals surface area contributed by atoms with Crippen LogP contribution in [0.1, 0.15) is 18.9 Å². The van der Waals surface area contributed by atoms with Gasteiger partial charge in [0, 0.05) is 0 Å². The first-order chi connectivity index (χ1) is 9.62. The summed E-state index contributed by atoms with van der Waals surface area (Å²) in [5, 5.41) is 2.37. The van der Waals surface area contributed by atoms with Crippen LogP contribution in [-0.2, 0) is 6.42 Å². The molecule has 0 aliphatic carbocycles. The third-order valence-electron chi connectivity index (χ3n) is 2.63. The van der Waals surface area contributed by atoms with Gasteiger partial charge in [-0.25, -0.2) is 0 Å². The molecule has 0 aromatic heterocycles. The summed E-state index contributed by atoms with van der Waals surface area (Å²) in [4.78, 5) is 0. The summed E-state index contributed by atoms with van der Waals surface area (Å²) < 4.78 is 77.9. The first kappa shape index (κ1) is 17.6. The van der Waals surface area contributed by atoms with Crippen LogP contribution in [0.5, 0.6) is 5.75 Å². The predicted octanol–water partition coefficient (Wildman–Crippen LogP) is 4.06. The van der Waals surface area contributed by atoms with Gasteiger partial charge in [0.15, 0.2) is 0 Å². The Hall–Kier alpha value is -1.44. The number of alkyl halides is 6. The largest absolute Gasteiger partial charge is 0.573 e. The average Bonchev–Trinajstić information content (AvgIpc) is 2.33. The molecule has 1 aromatic carbocycles. The quantitative estimate of drug-likeness (QED) is 0.799. The van der Waals surface area contributed by atoms with Gasteiger partial charge in [-0.3, -0.25) is 0 Å². The molecular formula is C13H15F6NO. The second kappa shape index (κ2) is 7.02. The Labute approximate surface area is 118 Å². The summed E-state index contributed by atoms with van der Waals surface area (Å²) >= 11 is 0. The molecule has 0 fully saturated rings. The molecule has 0 aliphatic heterocycles. The fourth-order valence-corrected chi connectivity index (χ4v) is 1.69. The van der Waals surface area contributed by atoms with E-state index in [0.29, 0.717) is 6.42 Å². The van der Waals surface area contributed by atoms with E-state index in [4.69, 9.17) is 0 Å². The number of hydrogen-bond donors (Lipinski definition) is 1. The molecule has 120 valence electrons. The maximum absolute atomic E-state index is 12.8. The van der Waals surface area contributed by atoms with Gasteiger partial charge in [0.25, 0.3) is 0 Å². The topological polar surface area (TPSA) is 21.3 Å². The number of nitrogens with one attached hydrogen (secondary N) is 1. The lowest BCUT2D eigenvalue weighted by Gasteiger charge is -2.21. The van der Waals surface area contributed by atoms with Crippen molar-refractivity contribution in [2.75, 3.05) is 6.54 Å². The van der Waals surface area contributed by atoms with Crippen molar-refractivity contribution in [3.63, 3.8) is 0 Å². The standard InChI is InChI=1S/C13H15F6NO/c1-2-7-20-11(12(14,15)16)8-9-3-5-10(6-4-9)21-13(17,18)19/h3-6,11,20H,2,7-8H2,1H3. The van der Waals surface area contributed by atoms with Gasteiger partial charge in [-0.1, -0.05) is 19.1 Å². The molecule has 1 atom stereocenters. The molecule has 21 heavy (non-hydrogen) atoms. The maximum atomic E-state index is 12.8. The number of halogens is 6. The van der Waals surface area contributed by atoms with Crippen LogP contribution < -0.4 is 10.1 Å². The Morgan fingerprint density at radius 1 is 1.05 bits per heavy atom. The van der Waals surface area contributed by atoms with Crippen molar-refractivity contribution in [1.82, 2.24) is 5.32 Å². The van der Waals surface area contributed by atoms with E-state index < -0.39 is 24.3 Å². The molecule has 0 radical (unpaired) electrons. The highest BCUT2D eigenvalue weighted by atomic mass is 19.4. The lowest BCUT2D eigenvalue weighted by Crippen LogP contribution is -2.44. The SMILES string of the molecule is CCCNC(Cc1ccc(OC(F)(F)F)cc1)C(F)(F)F. The van der Waals surface area contributed by atoms with E-state index in [-0.39, 0.29) is 18.5 Å². The normalized spacial score (nSPS) is 14.0. The van der Waals surface area contributed by atoms with Crippen molar-refractivity contribution in [1.29, 1.82) is 0 Å². The highest BCUT2D eigenvalue weighted by Crippen LogP contribution is 2.26. The zero-order valence-electron chi connectivity index (χ0n) is 11.2. The Kier molecular flexibility index (Phi) is 5.88. The van der Waals surface area contributed by atoms with E-state index >= 15 is 0 Å². The van der Waals surface area contributed by atoms with Crippen molar-refractivity contribution in [2.24, 2.45) is 0 Å². The van der Waals surface area contributed by atoms with Crippen molar-refractivity contribution >= 4 is 0 Å². The van der Waals surface area contributed by atoms with Gasteiger partial charge in [0.2, 0.25) is 0 Å². The van der Waals surface area contributed by atoms with Crippen molar-refractivity contribution in [2.45, 2.75) is 38.3 Å². The van der Waals surface area contributed by atoms with Crippen LogP contribution >= 0.6 is 0 Å². The van der Waals surface area contributed by atoms with Crippen molar-refractivity contribution in [3.05, 3.63) is 29.8 Å². The van der Waals surface area contributed by atoms with E-state index in [2.05, 4.69) is 10.1 Å². The number of hydrogen-bond acceptors (Lipinski definition) is 2. The van der Waals surface area contributed by atoms with Crippen LogP contribution in [0.2, 0.25) is 0 Å². The molecule has 0 saturated carbocycles. The molecule has 0 amide bonds. The van der Waals surface area contributed by atoms with E-state index in [9.17, 15) is 26.3 Å². The van der Waals surface area contributed by atoms with Gasteiger partial charge in [0.1, 0.15) is 11.8 Å². The molecule has 0 bridgehead atoms. The van der Waals surface area contributed by atoms with Gasteiger partial charge in [-0.2, -0.15) is 13.2 Å². The fourth-order valence-electron chi connectivity index (χ4n) is 1.69. The summed E-state index contributed by atoms with van der Waals surface area (Å²) in [7, 11) is 0. The van der Waals surface area contributed by atoms with Crippen molar-refractivity contribution < 1.29 is 31.1 Å². The summed E-state index contributed by atoms with van der Waals surface area (Å²) in [6.07, 6.45) is -9.05. The smallest absolute Gasteiger partial charge is 0.406 e. The molecule has 0 aliphatic rings. The fraction of sp³-hybridized carbons (Fsp3) is 0.538. The second-order valence-electron chi connectivity index (χ2n) is 4.44. The zero-order chi connectivity index (χ0) is 16.1. The summed E-state index contributed by atoms with van der Waals surface area (Å²) in [6, 6.07) is 2.64. The van der Waals surface area contributed by atoms with Gasteiger partial charge in [-0.05, 0) is 37.1 Å². The van der Waals surface area contributed by atoms with E-state index in [1.54, 1.807) is 6.92 Å². The lowest BCUT2D eigenvalue weighted by atomic mass is 10.1. The summed E-state index contributed by atoms with van der Waals surface area (Å²) in [5.74, 6) is -0.462. The van der Waals surface area contributed by atoms with Crippen LogP contribution in [-0.4, -0.2) is 25.1 Å². The van der Waals surface area contributed by atoms with Gasteiger partial charge >= 0.3 is 12.5 Å². The van der Waals surface area contributed by atoms with Gasteiger partial charge < -0.3 is 10.1 Å². The number of benzene rings is 1. The van der Waals surface area contributed by atoms with Crippen LogP contribution in [0.15, 0.2) is 24.3 Å². The Morgan fingerprint density at radius 3 is 2.05 bits per heavy atom. The molecule has 0 saturated heterocycles. The van der Waals surface area contributed by atoms with Gasteiger partial charge in [0.05, 0.1) is 0 Å². The van der Waals surface area contributed by atoms with E-state index in [1.165, 1.54) is 12.1 Å². The lowest BCUT2D eigenvalue weighted by molar-refractivity contribution is -0.274. The monoisotopic (exact) mass is 315 g/mol. The minimum Gasteiger partial charge on any atom is -0.406 e. The van der Waals surface area contributed by atoms with Crippen LogP contribution in [0.4, 0.5) is 26.3 Å². The Balaban J connectivity index is 2.72. The molecule has 2 nitrogen and oxygen atoms in total. The molecule has 1 aromatic rings. The summed E-state index contributed by atoms with van der Waals surface area (Å²) in [5.41, 5.74) is 0.274. The second-order valence-corrected chi connectivity index (χ2v) is 4.44. The third-order valence-corrected chi connectivity index (χ3v) is 2.63. The van der Waals surface area contributed by atoms with Crippen molar-refractivity contribution in [3.8, 4) is 5.75 Å². The third kappa shape index (κ3) is 6.70. The molecule has 8 heteroatoms. The molecule has 1 N–H and O–H groups in total. The Morgan fingerprint density at radius 2 is 1.62 bits per heavy atom. The number of ether oxygens (including phenoxy) is 1. The molecule has 1 unspecified atom stereocenters. The maximum Gasteiger partial charge on any atom is 0.573 e. The average molecular weight is 315 g/mol. The molecule has 0 spiro atoms. The minimum absolute atomic E-state index is 0.208. The summed E-state index contributed by atoms with van der Waals surface area (Å²) in [6.45, 7) is 1.95. The first-order valence-electron chi connectivity index (χ1n) is 6.26. The molecule has 0 heterocycles. The minimum atomic E-state index is -4.82.